The van der Waals surface area contributed by atoms with Gasteiger partial charge in [-0.3, -0.25) is 4.79 Å². The predicted octanol–water partition coefficient (Wildman–Crippen LogP) is 3.79. The highest BCUT2D eigenvalue weighted by Gasteiger charge is 2.28. The Hall–Kier alpha value is -2.54. The summed E-state index contributed by atoms with van der Waals surface area (Å²) in [4.78, 5) is 14.7. The minimum Gasteiger partial charge on any atom is -0.459 e. The van der Waals surface area contributed by atoms with Crippen molar-refractivity contribution in [3.63, 3.8) is 0 Å². The smallest absolute Gasteiger partial charge is 0.284 e. The predicted molar refractivity (Wildman–Crippen MR) is 94.4 cm³/mol. The first-order chi connectivity index (χ1) is 12.2. The topological polar surface area (TPSA) is 72.4 Å². The molecule has 1 unspecified atom stereocenters. The molecule has 1 aromatic carbocycles. The lowest BCUT2D eigenvalue weighted by Gasteiger charge is -2.35. The number of benzene rings is 1. The molecule has 1 aliphatic rings. The number of nitrogens with zero attached hydrogens (tertiary/aromatic N) is 3. The second-order valence-corrected chi connectivity index (χ2v) is 6.85. The summed E-state index contributed by atoms with van der Waals surface area (Å²) < 4.78 is 10.8. The fraction of sp³-hybridized carbons (Fsp3) is 0.278. The number of carbonyl (C=O) groups excluding carboxylic acids is 1. The minimum atomic E-state index is 0.0439. The average molecular weight is 355 g/mol. The molecule has 2 aromatic heterocycles. The number of thioether (sulfide) groups is 1. The lowest BCUT2D eigenvalue weighted by molar-refractivity contribution is -0.116. The molecule has 0 spiro atoms. The van der Waals surface area contributed by atoms with E-state index in [1.165, 1.54) is 17.3 Å². The molecule has 0 saturated carbocycles. The number of hydrogen-bond donors (Lipinski definition) is 0. The molecule has 0 radical (unpaired) electrons. The maximum atomic E-state index is 12.8. The molecule has 6 nitrogen and oxygen atoms in total. The molecule has 1 atom stereocenters. The van der Waals surface area contributed by atoms with Crippen LogP contribution < -0.4 is 4.90 Å². The Morgan fingerprint density at radius 1 is 1.28 bits per heavy atom. The van der Waals surface area contributed by atoms with Gasteiger partial charge in [0.25, 0.3) is 11.1 Å². The molecule has 25 heavy (non-hydrogen) atoms. The van der Waals surface area contributed by atoms with Crippen LogP contribution in [0.3, 0.4) is 0 Å². The maximum absolute atomic E-state index is 12.8. The van der Waals surface area contributed by atoms with Gasteiger partial charge in [0.05, 0.1) is 12.0 Å². The standard InChI is InChI=1S/C18H17N3O3S/c1-12-8-9-13-5-2-3-6-14(13)21(12)16(22)11-25-18-20-19-17(24-18)15-7-4-10-23-15/h2-7,10,12H,8-9,11H2,1H3. The number of aryl methyl sites for hydroxylation is 1. The third-order valence-corrected chi connectivity index (χ3v) is 5.05. The van der Waals surface area contributed by atoms with E-state index in [9.17, 15) is 4.79 Å². The van der Waals surface area contributed by atoms with Gasteiger partial charge in [0, 0.05) is 11.7 Å². The Labute approximate surface area is 149 Å². The quantitative estimate of drug-likeness (QED) is 0.663. The van der Waals surface area contributed by atoms with E-state index < -0.39 is 0 Å². The van der Waals surface area contributed by atoms with E-state index >= 15 is 0 Å². The molecule has 0 aliphatic carbocycles. The highest BCUT2D eigenvalue weighted by atomic mass is 32.2. The third-order valence-electron chi connectivity index (χ3n) is 4.25. The van der Waals surface area contributed by atoms with E-state index in [0.717, 1.165) is 18.5 Å². The van der Waals surface area contributed by atoms with Crippen LogP contribution in [-0.4, -0.2) is 27.9 Å². The van der Waals surface area contributed by atoms with Gasteiger partial charge >= 0.3 is 0 Å². The molecule has 3 aromatic rings. The summed E-state index contributed by atoms with van der Waals surface area (Å²) in [6.45, 7) is 2.08. The minimum absolute atomic E-state index is 0.0439. The Kier molecular flexibility index (Phi) is 4.31. The molecule has 1 aliphatic heterocycles. The van der Waals surface area contributed by atoms with Gasteiger partial charge in [-0.15, -0.1) is 10.2 Å². The molecule has 0 saturated heterocycles. The zero-order chi connectivity index (χ0) is 17.2. The van der Waals surface area contributed by atoms with Crippen molar-refractivity contribution in [2.45, 2.75) is 31.0 Å². The van der Waals surface area contributed by atoms with Gasteiger partial charge in [-0.25, -0.2) is 0 Å². The molecule has 1 amide bonds. The summed E-state index contributed by atoms with van der Waals surface area (Å²) in [6.07, 6.45) is 3.52. The van der Waals surface area contributed by atoms with Crippen molar-refractivity contribution in [1.82, 2.24) is 10.2 Å². The van der Waals surface area contributed by atoms with Crippen molar-refractivity contribution in [2.24, 2.45) is 0 Å². The van der Waals surface area contributed by atoms with Crippen LogP contribution in [0.5, 0.6) is 0 Å². The number of furan rings is 1. The Morgan fingerprint density at radius 3 is 3.00 bits per heavy atom. The Morgan fingerprint density at radius 2 is 2.16 bits per heavy atom. The second-order valence-electron chi connectivity index (χ2n) is 5.92. The van der Waals surface area contributed by atoms with E-state index in [1.807, 2.05) is 23.1 Å². The molecule has 0 bridgehead atoms. The molecule has 128 valence electrons. The Balaban J connectivity index is 1.46. The van der Waals surface area contributed by atoms with Crippen molar-refractivity contribution in [3.8, 4) is 11.7 Å². The highest BCUT2D eigenvalue weighted by molar-refractivity contribution is 7.99. The number of rotatable bonds is 4. The fourth-order valence-corrected chi connectivity index (χ4v) is 3.65. The summed E-state index contributed by atoms with van der Waals surface area (Å²) in [5.74, 6) is 1.13. The van der Waals surface area contributed by atoms with Gasteiger partial charge < -0.3 is 13.7 Å². The van der Waals surface area contributed by atoms with Gasteiger partial charge in [-0.2, -0.15) is 0 Å². The number of fused-ring (bicyclic) bond motifs is 1. The number of aromatic nitrogens is 2. The zero-order valence-corrected chi connectivity index (χ0v) is 14.5. The van der Waals surface area contributed by atoms with Gasteiger partial charge in [-0.1, -0.05) is 30.0 Å². The summed E-state index contributed by atoms with van der Waals surface area (Å²) in [6, 6.07) is 11.8. The second kappa shape index (κ2) is 6.76. The largest absolute Gasteiger partial charge is 0.459 e. The SMILES string of the molecule is CC1CCc2ccccc2N1C(=O)CSc1nnc(-c2ccco2)o1. The summed E-state index contributed by atoms with van der Waals surface area (Å²) in [7, 11) is 0. The van der Waals surface area contributed by atoms with Gasteiger partial charge in [0.2, 0.25) is 5.91 Å². The van der Waals surface area contributed by atoms with Crippen molar-refractivity contribution in [2.75, 3.05) is 10.7 Å². The number of carbonyl (C=O) groups is 1. The van der Waals surface area contributed by atoms with Crippen LogP contribution in [0.4, 0.5) is 5.69 Å². The molecule has 0 N–H and O–H groups in total. The first kappa shape index (κ1) is 16.0. The van der Waals surface area contributed by atoms with E-state index in [1.54, 1.807) is 18.4 Å². The molecule has 0 fully saturated rings. The van der Waals surface area contributed by atoms with Crippen LogP contribution in [0.15, 0.2) is 56.7 Å². The van der Waals surface area contributed by atoms with Crippen LogP contribution >= 0.6 is 11.8 Å². The highest BCUT2D eigenvalue weighted by Crippen LogP contribution is 2.31. The summed E-state index contributed by atoms with van der Waals surface area (Å²) in [5, 5.41) is 8.27. The monoisotopic (exact) mass is 355 g/mol. The van der Waals surface area contributed by atoms with Gasteiger partial charge in [0.1, 0.15) is 0 Å². The molecule has 4 rings (SSSR count). The molecule has 7 heteroatoms. The van der Waals surface area contributed by atoms with Crippen LogP contribution in [0.2, 0.25) is 0 Å². The number of para-hydroxylation sites is 1. The van der Waals surface area contributed by atoms with Crippen LogP contribution in [0.25, 0.3) is 11.7 Å². The lowest BCUT2D eigenvalue weighted by atomic mass is 9.97. The van der Waals surface area contributed by atoms with E-state index in [2.05, 4.69) is 23.2 Å². The van der Waals surface area contributed by atoms with E-state index in [0.29, 0.717) is 16.9 Å². The number of anilines is 1. The van der Waals surface area contributed by atoms with E-state index in [4.69, 9.17) is 8.83 Å². The molecular weight excluding hydrogens is 338 g/mol. The summed E-state index contributed by atoms with van der Waals surface area (Å²) >= 11 is 1.24. The van der Waals surface area contributed by atoms with E-state index in [-0.39, 0.29) is 17.7 Å². The number of hydrogen-bond acceptors (Lipinski definition) is 6. The van der Waals surface area contributed by atoms with Crippen molar-refractivity contribution >= 4 is 23.4 Å². The zero-order valence-electron chi connectivity index (χ0n) is 13.7. The van der Waals surface area contributed by atoms with Crippen molar-refractivity contribution in [3.05, 3.63) is 48.2 Å². The third kappa shape index (κ3) is 3.19. The van der Waals surface area contributed by atoms with Crippen LogP contribution in [0, 0.1) is 0 Å². The Bertz CT molecular complexity index is 875. The van der Waals surface area contributed by atoms with Crippen LogP contribution in [-0.2, 0) is 11.2 Å². The average Bonchev–Trinajstić information content (AvgIpc) is 3.31. The number of amides is 1. The van der Waals surface area contributed by atoms with Crippen molar-refractivity contribution in [1.29, 1.82) is 0 Å². The van der Waals surface area contributed by atoms with Gasteiger partial charge in [-0.05, 0) is 43.5 Å². The van der Waals surface area contributed by atoms with Crippen LogP contribution in [0.1, 0.15) is 18.9 Å². The fourth-order valence-electron chi connectivity index (χ4n) is 3.03. The van der Waals surface area contributed by atoms with Gasteiger partial charge in [0.15, 0.2) is 5.76 Å². The normalized spacial score (nSPS) is 16.7. The van der Waals surface area contributed by atoms with Crippen molar-refractivity contribution < 1.29 is 13.6 Å². The lowest BCUT2D eigenvalue weighted by Crippen LogP contribution is -2.43. The molecule has 3 heterocycles. The first-order valence-electron chi connectivity index (χ1n) is 8.12. The first-order valence-corrected chi connectivity index (χ1v) is 9.11. The maximum Gasteiger partial charge on any atom is 0.284 e. The molecular formula is C18H17N3O3S. The summed E-state index contributed by atoms with van der Waals surface area (Å²) in [5.41, 5.74) is 2.23.